The fraction of sp³-hybridized carbons (Fsp3) is 0.280. The quantitative estimate of drug-likeness (QED) is 0.165. The predicted molar refractivity (Wildman–Crippen MR) is 227 cm³/mol. The van der Waals surface area contributed by atoms with Crippen molar-refractivity contribution in [1.29, 1.82) is 0 Å². The van der Waals surface area contributed by atoms with E-state index in [9.17, 15) is 0 Å². The number of nitrogens with zero attached hydrogens (tertiary/aromatic N) is 2. The van der Waals surface area contributed by atoms with Crippen LogP contribution in [0.25, 0.3) is 11.1 Å². The molecule has 6 aromatic rings. The second kappa shape index (κ2) is 14.2. The molecule has 52 heavy (non-hydrogen) atoms. The summed E-state index contributed by atoms with van der Waals surface area (Å²) in [7, 11) is 0. The van der Waals surface area contributed by atoms with Gasteiger partial charge in [-0.1, -0.05) is 125 Å². The Kier molecular flexibility index (Phi) is 9.99. The third-order valence-electron chi connectivity index (χ3n) is 10.3. The summed E-state index contributed by atoms with van der Waals surface area (Å²) in [6, 6.07) is 45.3. The Labute approximate surface area is 313 Å². The largest absolute Gasteiger partial charge is 0.310 e. The number of hydrogen-bond donors (Lipinski definition) is 0. The lowest BCUT2D eigenvalue weighted by Crippen LogP contribution is -2.16. The standard InChI is InChI=1S/C50H56N2/c1-33-13-21-43(22-14-33)51(47-35(3)29-41(30-36(47)4)49(7,8)9)45-25-17-39(18-26-45)40-19-27-46(28-20-40)52(44-23-15-34(2)16-24-44)48-37(5)31-42(32-38(48)6)50(10,11)12/h13-32H,1-12H3. The second-order valence-corrected chi connectivity index (χ2v) is 16.9. The molecule has 6 aromatic carbocycles. The van der Waals surface area contributed by atoms with Gasteiger partial charge in [-0.3, -0.25) is 0 Å². The van der Waals surface area contributed by atoms with Gasteiger partial charge in [0.15, 0.2) is 0 Å². The smallest absolute Gasteiger partial charge is 0.0520 e. The molecule has 0 saturated heterocycles. The minimum atomic E-state index is 0.0889. The molecular formula is C50H56N2. The molecule has 0 bridgehead atoms. The van der Waals surface area contributed by atoms with E-state index in [2.05, 4.69) is 214 Å². The first-order valence-electron chi connectivity index (χ1n) is 18.7. The maximum atomic E-state index is 2.42. The zero-order valence-electron chi connectivity index (χ0n) is 33.4. The highest BCUT2D eigenvalue weighted by Gasteiger charge is 2.23. The number of anilines is 6. The van der Waals surface area contributed by atoms with Crippen molar-refractivity contribution >= 4 is 34.1 Å². The Morgan fingerprint density at radius 1 is 0.327 bits per heavy atom. The van der Waals surface area contributed by atoms with Crippen molar-refractivity contribution in [3.63, 3.8) is 0 Å². The summed E-state index contributed by atoms with van der Waals surface area (Å²) in [5, 5.41) is 0. The molecule has 6 rings (SSSR count). The SMILES string of the molecule is Cc1ccc(N(c2ccc(-c3ccc(N(c4ccc(C)cc4)c4c(C)cc(C(C)(C)C)cc4C)cc3)cc2)c2c(C)cc(C(C)(C)C)cc2C)cc1. The van der Waals surface area contributed by atoms with Crippen molar-refractivity contribution in [2.75, 3.05) is 9.80 Å². The van der Waals surface area contributed by atoms with Crippen LogP contribution in [0.1, 0.15) is 86.1 Å². The lowest BCUT2D eigenvalue weighted by atomic mass is 9.84. The summed E-state index contributed by atoms with van der Waals surface area (Å²) >= 11 is 0. The predicted octanol–water partition coefficient (Wildman–Crippen LogP) is 14.7. The van der Waals surface area contributed by atoms with Crippen molar-refractivity contribution in [2.45, 2.75) is 93.9 Å². The van der Waals surface area contributed by atoms with Crippen LogP contribution in [-0.2, 0) is 10.8 Å². The van der Waals surface area contributed by atoms with Crippen LogP contribution in [0.4, 0.5) is 34.1 Å². The average molecular weight is 685 g/mol. The van der Waals surface area contributed by atoms with E-state index in [1.165, 1.54) is 67.0 Å². The van der Waals surface area contributed by atoms with Gasteiger partial charge in [0, 0.05) is 22.7 Å². The molecule has 0 amide bonds. The van der Waals surface area contributed by atoms with Crippen molar-refractivity contribution in [2.24, 2.45) is 0 Å². The molecule has 0 atom stereocenters. The molecule has 0 aromatic heterocycles. The van der Waals surface area contributed by atoms with Crippen LogP contribution in [0.15, 0.2) is 121 Å². The van der Waals surface area contributed by atoms with E-state index in [4.69, 9.17) is 0 Å². The summed E-state index contributed by atoms with van der Waals surface area (Å²) in [6.45, 7) is 27.0. The van der Waals surface area contributed by atoms with E-state index >= 15 is 0 Å². The first-order valence-corrected chi connectivity index (χ1v) is 18.7. The molecule has 0 radical (unpaired) electrons. The minimum absolute atomic E-state index is 0.0889. The van der Waals surface area contributed by atoms with E-state index in [0.717, 1.165) is 22.7 Å². The topological polar surface area (TPSA) is 6.48 Å². The highest BCUT2D eigenvalue weighted by Crippen LogP contribution is 2.43. The lowest BCUT2D eigenvalue weighted by Gasteiger charge is -2.31. The van der Waals surface area contributed by atoms with Crippen LogP contribution in [0.5, 0.6) is 0 Å². The van der Waals surface area contributed by atoms with Gasteiger partial charge >= 0.3 is 0 Å². The van der Waals surface area contributed by atoms with Gasteiger partial charge in [0.2, 0.25) is 0 Å². The number of benzene rings is 6. The zero-order chi connectivity index (χ0) is 37.5. The van der Waals surface area contributed by atoms with E-state index < -0.39 is 0 Å². The Morgan fingerprint density at radius 2 is 0.558 bits per heavy atom. The number of aryl methyl sites for hydroxylation is 6. The summed E-state index contributed by atoms with van der Waals surface area (Å²) < 4.78 is 0. The molecule has 2 heteroatoms. The molecule has 0 heterocycles. The van der Waals surface area contributed by atoms with Crippen molar-refractivity contribution < 1.29 is 0 Å². The van der Waals surface area contributed by atoms with Gasteiger partial charge < -0.3 is 9.80 Å². The van der Waals surface area contributed by atoms with Crippen LogP contribution in [0.2, 0.25) is 0 Å². The molecule has 0 fully saturated rings. The van der Waals surface area contributed by atoms with Crippen LogP contribution in [-0.4, -0.2) is 0 Å². The fourth-order valence-electron chi connectivity index (χ4n) is 7.29. The van der Waals surface area contributed by atoms with Gasteiger partial charge in [0.25, 0.3) is 0 Å². The average Bonchev–Trinajstić information content (AvgIpc) is 3.08. The van der Waals surface area contributed by atoms with E-state index in [-0.39, 0.29) is 10.8 Å². The molecule has 0 aliphatic rings. The molecule has 0 N–H and O–H groups in total. The van der Waals surface area contributed by atoms with Gasteiger partial charge in [-0.25, -0.2) is 0 Å². The minimum Gasteiger partial charge on any atom is -0.310 e. The van der Waals surface area contributed by atoms with Crippen molar-refractivity contribution in [3.05, 3.63) is 166 Å². The Balaban J connectivity index is 1.38. The van der Waals surface area contributed by atoms with E-state index in [1.54, 1.807) is 0 Å². The van der Waals surface area contributed by atoms with E-state index in [0.29, 0.717) is 0 Å². The Hall–Kier alpha value is -5.08. The monoisotopic (exact) mass is 684 g/mol. The summed E-state index contributed by atoms with van der Waals surface area (Å²) in [5.74, 6) is 0. The molecular weight excluding hydrogens is 629 g/mol. The third kappa shape index (κ3) is 7.58. The molecule has 0 aliphatic carbocycles. The Morgan fingerprint density at radius 3 is 0.788 bits per heavy atom. The van der Waals surface area contributed by atoms with Crippen LogP contribution >= 0.6 is 0 Å². The summed E-state index contributed by atoms with van der Waals surface area (Å²) in [4.78, 5) is 4.83. The van der Waals surface area contributed by atoms with Crippen molar-refractivity contribution in [3.8, 4) is 11.1 Å². The molecule has 0 unspecified atom stereocenters. The fourth-order valence-corrected chi connectivity index (χ4v) is 7.29. The maximum absolute atomic E-state index is 2.42. The maximum Gasteiger partial charge on any atom is 0.0520 e. The van der Waals surface area contributed by atoms with Gasteiger partial charge in [-0.15, -0.1) is 0 Å². The zero-order valence-corrected chi connectivity index (χ0v) is 33.4. The van der Waals surface area contributed by atoms with Gasteiger partial charge in [0.1, 0.15) is 0 Å². The first-order chi connectivity index (χ1) is 24.5. The second-order valence-electron chi connectivity index (χ2n) is 16.9. The third-order valence-corrected chi connectivity index (χ3v) is 10.3. The van der Waals surface area contributed by atoms with Gasteiger partial charge in [-0.05, 0) is 145 Å². The Bertz CT molecular complexity index is 1970. The highest BCUT2D eigenvalue weighted by molar-refractivity contribution is 5.84. The molecule has 266 valence electrons. The first kappa shape index (κ1) is 36.7. The summed E-state index contributed by atoms with van der Waals surface area (Å²) in [6.07, 6.45) is 0. The normalized spacial score (nSPS) is 11.8. The molecule has 2 nitrogen and oxygen atoms in total. The van der Waals surface area contributed by atoms with Gasteiger partial charge in [0.05, 0.1) is 11.4 Å². The van der Waals surface area contributed by atoms with Crippen molar-refractivity contribution in [1.82, 2.24) is 0 Å². The van der Waals surface area contributed by atoms with Crippen LogP contribution in [0, 0.1) is 41.5 Å². The molecule has 0 saturated carbocycles. The number of rotatable bonds is 7. The van der Waals surface area contributed by atoms with Crippen LogP contribution in [0.3, 0.4) is 0 Å². The molecule has 0 aliphatic heterocycles. The van der Waals surface area contributed by atoms with E-state index in [1.807, 2.05) is 0 Å². The summed E-state index contributed by atoms with van der Waals surface area (Å²) in [5.41, 5.74) is 20.0. The van der Waals surface area contributed by atoms with Crippen LogP contribution < -0.4 is 9.80 Å². The highest BCUT2D eigenvalue weighted by atomic mass is 15.2. The lowest BCUT2D eigenvalue weighted by molar-refractivity contribution is 0.589. The number of hydrogen-bond acceptors (Lipinski definition) is 2. The van der Waals surface area contributed by atoms with Gasteiger partial charge in [-0.2, -0.15) is 0 Å². The molecule has 0 spiro atoms.